The molecule has 1 rings (SSSR count). The smallest absolute Gasteiger partial charge is 0.312 e. The molecule has 7 nitrogen and oxygen atoms in total. The van der Waals surface area contributed by atoms with Crippen LogP contribution in [0.15, 0.2) is 12.3 Å². The van der Waals surface area contributed by atoms with Gasteiger partial charge in [0.2, 0.25) is 5.82 Å². The molecule has 0 aromatic carbocycles. The number of anilines is 1. The summed E-state index contributed by atoms with van der Waals surface area (Å²) < 4.78 is 21.8. The van der Waals surface area contributed by atoms with Crippen molar-refractivity contribution >= 4 is 32.9 Å². The summed E-state index contributed by atoms with van der Waals surface area (Å²) in [5.41, 5.74) is -0.286. The van der Waals surface area contributed by atoms with Crippen molar-refractivity contribution in [3.05, 3.63) is 27.4 Å². The van der Waals surface area contributed by atoms with Gasteiger partial charge in [0, 0.05) is 25.1 Å². The maximum Gasteiger partial charge on any atom is 0.312 e. The maximum absolute atomic E-state index is 10.9. The quantitative estimate of drug-likeness (QED) is 0.639. The third-order valence-corrected chi connectivity index (χ3v) is 2.95. The summed E-state index contributed by atoms with van der Waals surface area (Å²) in [4.78, 5) is 13.8. The van der Waals surface area contributed by atoms with Crippen LogP contribution in [0.3, 0.4) is 0 Å². The maximum atomic E-state index is 10.9. The Balaban J connectivity index is 2.81. The summed E-state index contributed by atoms with van der Waals surface area (Å²) in [5, 5.41) is 13.4. The van der Waals surface area contributed by atoms with Gasteiger partial charge < -0.3 is 5.32 Å². The Hall–Kier alpha value is -1.41. The van der Waals surface area contributed by atoms with Crippen LogP contribution in [0.5, 0.6) is 0 Å². The summed E-state index contributed by atoms with van der Waals surface area (Å²) in [6.07, 6.45) is 2.33. The Bertz CT molecular complexity index is 532. The number of nitrogens with one attached hydrogen (secondary N) is 1. The molecule has 0 atom stereocenters. The van der Waals surface area contributed by atoms with E-state index in [0.29, 0.717) is 0 Å². The third kappa shape index (κ3) is 4.53. The van der Waals surface area contributed by atoms with Crippen LogP contribution in [0, 0.1) is 10.1 Å². The van der Waals surface area contributed by atoms with E-state index in [4.69, 9.17) is 11.6 Å². The SMILES string of the molecule is CS(=O)(=O)CCNc1ncc(Cl)cc1[N+](=O)[O-]. The Morgan fingerprint density at radius 1 is 1.59 bits per heavy atom. The average Bonchev–Trinajstić information content (AvgIpc) is 2.18. The highest BCUT2D eigenvalue weighted by atomic mass is 35.5. The van der Waals surface area contributed by atoms with Crippen LogP contribution in [0.2, 0.25) is 5.02 Å². The van der Waals surface area contributed by atoms with E-state index in [9.17, 15) is 18.5 Å². The van der Waals surface area contributed by atoms with Crippen LogP contribution in [0.4, 0.5) is 11.5 Å². The number of aromatic nitrogens is 1. The van der Waals surface area contributed by atoms with Crippen LogP contribution in [0.1, 0.15) is 0 Å². The minimum absolute atomic E-state index is 0.00282. The van der Waals surface area contributed by atoms with E-state index < -0.39 is 14.8 Å². The van der Waals surface area contributed by atoms with Gasteiger partial charge >= 0.3 is 5.69 Å². The molecule has 0 unspecified atom stereocenters. The number of hydrogen-bond acceptors (Lipinski definition) is 6. The van der Waals surface area contributed by atoms with Gasteiger partial charge in [0.25, 0.3) is 0 Å². The molecule has 1 aromatic rings. The van der Waals surface area contributed by atoms with E-state index in [-0.39, 0.29) is 28.8 Å². The van der Waals surface area contributed by atoms with E-state index in [2.05, 4.69) is 10.3 Å². The summed E-state index contributed by atoms with van der Waals surface area (Å²) in [6, 6.07) is 1.15. The second-order valence-electron chi connectivity index (χ2n) is 3.34. The molecule has 17 heavy (non-hydrogen) atoms. The normalized spacial score (nSPS) is 11.2. The highest BCUT2D eigenvalue weighted by Crippen LogP contribution is 2.24. The van der Waals surface area contributed by atoms with Crippen molar-refractivity contribution < 1.29 is 13.3 Å². The Morgan fingerprint density at radius 3 is 2.76 bits per heavy atom. The molecular weight excluding hydrogens is 270 g/mol. The van der Waals surface area contributed by atoms with E-state index in [1.54, 1.807) is 0 Å². The largest absolute Gasteiger partial charge is 0.363 e. The lowest BCUT2D eigenvalue weighted by atomic mass is 10.4. The summed E-state index contributed by atoms with van der Waals surface area (Å²) in [6.45, 7) is 0.0499. The van der Waals surface area contributed by atoms with E-state index >= 15 is 0 Å². The van der Waals surface area contributed by atoms with Crippen LogP contribution >= 0.6 is 11.6 Å². The summed E-state index contributed by atoms with van der Waals surface area (Å²) in [5.74, 6) is -0.128. The Kier molecular flexibility index (Phi) is 4.24. The molecule has 0 radical (unpaired) electrons. The topological polar surface area (TPSA) is 102 Å². The molecular formula is C8H10ClN3O4S. The van der Waals surface area contributed by atoms with Crippen LogP contribution < -0.4 is 5.32 Å². The monoisotopic (exact) mass is 279 g/mol. The lowest BCUT2D eigenvalue weighted by molar-refractivity contribution is -0.384. The molecule has 0 aliphatic heterocycles. The van der Waals surface area contributed by atoms with Gasteiger partial charge in [-0.2, -0.15) is 0 Å². The third-order valence-electron chi connectivity index (χ3n) is 1.80. The number of sulfone groups is 1. The molecule has 1 aromatic heterocycles. The first-order valence-electron chi connectivity index (χ1n) is 4.51. The van der Waals surface area contributed by atoms with Crippen molar-refractivity contribution in [2.45, 2.75) is 0 Å². The van der Waals surface area contributed by atoms with E-state index in [1.165, 1.54) is 6.20 Å². The van der Waals surface area contributed by atoms with Crippen LogP contribution in [-0.2, 0) is 9.84 Å². The van der Waals surface area contributed by atoms with Crippen molar-refractivity contribution in [2.75, 3.05) is 23.9 Å². The number of hydrogen-bond donors (Lipinski definition) is 1. The van der Waals surface area contributed by atoms with Gasteiger partial charge in [-0.1, -0.05) is 11.6 Å². The van der Waals surface area contributed by atoms with Gasteiger partial charge in [-0.05, 0) is 0 Å². The van der Waals surface area contributed by atoms with Crippen molar-refractivity contribution in [3.8, 4) is 0 Å². The second kappa shape index (κ2) is 5.28. The highest BCUT2D eigenvalue weighted by Gasteiger charge is 2.16. The molecule has 0 saturated heterocycles. The zero-order chi connectivity index (χ0) is 13.1. The molecule has 1 heterocycles. The first kappa shape index (κ1) is 13.7. The number of nitro groups is 1. The molecule has 0 saturated carbocycles. The zero-order valence-corrected chi connectivity index (χ0v) is 10.5. The fourth-order valence-electron chi connectivity index (χ4n) is 1.06. The molecule has 0 aliphatic carbocycles. The van der Waals surface area contributed by atoms with Crippen molar-refractivity contribution in [1.29, 1.82) is 0 Å². The van der Waals surface area contributed by atoms with Gasteiger partial charge in [-0.3, -0.25) is 10.1 Å². The first-order valence-corrected chi connectivity index (χ1v) is 6.95. The Morgan fingerprint density at radius 2 is 2.24 bits per heavy atom. The lowest BCUT2D eigenvalue weighted by Crippen LogP contribution is -2.15. The standard InChI is InChI=1S/C8H10ClN3O4S/c1-17(15,16)3-2-10-8-7(12(13)14)4-6(9)5-11-8/h4-5H,2-3H2,1H3,(H,10,11). The molecule has 0 aliphatic rings. The van der Waals surface area contributed by atoms with Gasteiger partial charge in [-0.25, -0.2) is 13.4 Å². The van der Waals surface area contributed by atoms with E-state index in [0.717, 1.165) is 12.3 Å². The average molecular weight is 280 g/mol. The predicted octanol–water partition coefficient (Wildman–Crippen LogP) is 1.10. The fraction of sp³-hybridized carbons (Fsp3) is 0.375. The number of nitrogens with zero attached hydrogens (tertiary/aromatic N) is 2. The molecule has 0 fully saturated rings. The van der Waals surface area contributed by atoms with Crippen LogP contribution in [-0.4, -0.2) is 36.9 Å². The molecule has 0 bridgehead atoms. The van der Waals surface area contributed by atoms with Crippen molar-refractivity contribution in [2.24, 2.45) is 0 Å². The second-order valence-corrected chi connectivity index (χ2v) is 6.03. The summed E-state index contributed by atoms with van der Waals surface area (Å²) >= 11 is 5.58. The minimum Gasteiger partial charge on any atom is -0.363 e. The van der Waals surface area contributed by atoms with E-state index in [1.807, 2.05) is 0 Å². The van der Waals surface area contributed by atoms with Gasteiger partial charge in [0.05, 0.1) is 15.7 Å². The molecule has 0 amide bonds. The minimum atomic E-state index is -3.12. The van der Waals surface area contributed by atoms with Gasteiger partial charge in [-0.15, -0.1) is 0 Å². The summed E-state index contributed by atoms with van der Waals surface area (Å²) in [7, 11) is -3.12. The fourth-order valence-corrected chi connectivity index (χ4v) is 1.68. The highest BCUT2D eigenvalue weighted by molar-refractivity contribution is 7.90. The number of pyridine rings is 1. The Labute approximate surface area is 103 Å². The number of halogens is 1. The zero-order valence-electron chi connectivity index (χ0n) is 8.88. The van der Waals surface area contributed by atoms with Crippen molar-refractivity contribution in [1.82, 2.24) is 4.98 Å². The van der Waals surface area contributed by atoms with Gasteiger partial charge in [0.15, 0.2) is 0 Å². The van der Waals surface area contributed by atoms with Crippen molar-refractivity contribution in [3.63, 3.8) is 0 Å². The van der Waals surface area contributed by atoms with Gasteiger partial charge in [0.1, 0.15) is 9.84 Å². The molecule has 9 heteroatoms. The number of rotatable bonds is 5. The molecule has 1 N–H and O–H groups in total. The van der Waals surface area contributed by atoms with Crippen LogP contribution in [0.25, 0.3) is 0 Å². The predicted molar refractivity (Wildman–Crippen MR) is 64.1 cm³/mol. The molecule has 0 spiro atoms. The lowest BCUT2D eigenvalue weighted by Gasteiger charge is -2.05. The molecule has 94 valence electrons. The first-order chi connectivity index (χ1) is 7.79.